The molecule has 1 fully saturated rings. The van der Waals surface area contributed by atoms with Gasteiger partial charge in [0.2, 0.25) is 0 Å². The van der Waals surface area contributed by atoms with Gasteiger partial charge < -0.3 is 25.3 Å². The molecule has 1 aliphatic heterocycles. The maximum atomic E-state index is 11.7. The topological polar surface area (TPSA) is 88.7 Å². The van der Waals surface area contributed by atoms with Crippen LogP contribution in [0.3, 0.4) is 0 Å². The number of alkyl carbamates (subject to hydrolysis) is 1. The Bertz CT molecular complexity index is 531. The lowest BCUT2D eigenvalue weighted by molar-refractivity contribution is -0.605. The summed E-state index contributed by atoms with van der Waals surface area (Å²) in [4.78, 5) is 13.8. The van der Waals surface area contributed by atoms with E-state index in [1.165, 1.54) is 12.4 Å². The molecule has 128 valence electrons. The number of nitrogens with zero attached hydrogens (tertiary/aromatic N) is 2. The summed E-state index contributed by atoms with van der Waals surface area (Å²) in [5, 5.41) is 24.3. The molecule has 0 bridgehead atoms. The molecule has 0 spiro atoms. The van der Waals surface area contributed by atoms with E-state index in [-0.39, 0.29) is 6.54 Å². The number of aromatic nitrogens is 1. The molecule has 1 aromatic rings. The van der Waals surface area contributed by atoms with Crippen LogP contribution in [0.2, 0.25) is 0 Å². The number of nitrogens with one attached hydrogen (secondary N) is 1. The molecular formula is C16H25N3O4. The van der Waals surface area contributed by atoms with E-state index in [2.05, 4.69) is 10.2 Å². The van der Waals surface area contributed by atoms with Crippen LogP contribution in [-0.2, 0) is 4.74 Å². The largest absolute Gasteiger partial charge is 0.619 e. The van der Waals surface area contributed by atoms with E-state index in [0.717, 1.165) is 10.4 Å². The van der Waals surface area contributed by atoms with E-state index >= 15 is 0 Å². The number of carbonyl (C=O) groups is 1. The third-order valence-electron chi connectivity index (χ3n) is 3.80. The molecule has 2 rings (SSSR count). The Labute approximate surface area is 136 Å². The molecule has 1 amide bonds. The highest BCUT2D eigenvalue weighted by atomic mass is 16.6. The molecule has 0 unspecified atom stereocenters. The quantitative estimate of drug-likeness (QED) is 0.644. The van der Waals surface area contributed by atoms with Crippen LogP contribution in [0, 0.1) is 5.21 Å². The molecule has 23 heavy (non-hydrogen) atoms. The van der Waals surface area contributed by atoms with Crippen molar-refractivity contribution in [2.24, 2.45) is 0 Å². The van der Waals surface area contributed by atoms with Crippen LogP contribution in [0.1, 0.15) is 33.6 Å². The fraction of sp³-hybridized carbons (Fsp3) is 0.625. The van der Waals surface area contributed by atoms with Crippen LogP contribution < -0.4 is 14.9 Å². The summed E-state index contributed by atoms with van der Waals surface area (Å²) in [7, 11) is 0. The van der Waals surface area contributed by atoms with Gasteiger partial charge in [-0.15, -0.1) is 0 Å². The van der Waals surface area contributed by atoms with Crippen molar-refractivity contribution in [3.05, 3.63) is 29.7 Å². The van der Waals surface area contributed by atoms with Gasteiger partial charge >= 0.3 is 6.09 Å². The number of pyridine rings is 1. The third kappa shape index (κ3) is 5.28. The van der Waals surface area contributed by atoms with Gasteiger partial charge in [0.25, 0.3) is 0 Å². The molecule has 2 heterocycles. The van der Waals surface area contributed by atoms with Gasteiger partial charge in [-0.25, -0.2) is 4.79 Å². The second-order valence-corrected chi connectivity index (χ2v) is 6.98. The van der Waals surface area contributed by atoms with Crippen LogP contribution in [0.4, 0.5) is 10.5 Å². The van der Waals surface area contributed by atoms with Gasteiger partial charge in [0.05, 0.1) is 5.60 Å². The van der Waals surface area contributed by atoms with Gasteiger partial charge in [0.15, 0.2) is 12.4 Å². The van der Waals surface area contributed by atoms with Crippen LogP contribution in [0.5, 0.6) is 0 Å². The maximum absolute atomic E-state index is 11.7. The standard InChI is InChI=1S/C16H25N3O4/c1-15(2,3)23-14(20)17-12-16(21)6-10-18(11-7-16)13-4-8-19(22)9-5-13/h4-5,8-9,21H,6-7,10-12H2,1-3H3,(H,17,20). The maximum Gasteiger partial charge on any atom is 0.407 e. The summed E-state index contributed by atoms with van der Waals surface area (Å²) in [6.07, 6.45) is 3.47. The molecule has 1 aliphatic rings. The van der Waals surface area contributed by atoms with E-state index in [1.807, 2.05) is 0 Å². The number of hydrogen-bond donors (Lipinski definition) is 2. The van der Waals surface area contributed by atoms with Crippen molar-refractivity contribution in [2.75, 3.05) is 24.5 Å². The monoisotopic (exact) mass is 323 g/mol. The van der Waals surface area contributed by atoms with Crippen LogP contribution in [-0.4, -0.2) is 42.0 Å². The number of aliphatic hydroxyl groups is 1. The smallest absolute Gasteiger partial charge is 0.407 e. The van der Waals surface area contributed by atoms with Crippen LogP contribution in [0.25, 0.3) is 0 Å². The first-order valence-corrected chi connectivity index (χ1v) is 7.80. The van der Waals surface area contributed by atoms with Crippen molar-refractivity contribution in [1.29, 1.82) is 0 Å². The van der Waals surface area contributed by atoms with Crippen molar-refractivity contribution in [3.8, 4) is 0 Å². The van der Waals surface area contributed by atoms with Crippen LogP contribution in [0.15, 0.2) is 24.5 Å². The first-order chi connectivity index (χ1) is 10.7. The first-order valence-electron chi connectivity index (χ1n) is 7.80. The highest BCUT2D eigenvalue weighted by Crippen LogP contribution is 2.25. The zero-order valence-corrected chi connectivity index (χ0v) is 13.9. The first kappa shape index (κ1) is 17.3. The molecule has 2 N–H and O–H groups in total. The van der Waals surface area contributed by atoms with Gasteiger partial charge in [-0.3, -0.25) is 0 Å². The fourth-order valence-corrected chi connectivity index (χ4v) is 2.52. The summed E-state index contributed by atoms with van der Waals surface area (Å²) >= 11 is 0. The van der Waals surface area contributed by atoms with E-state index in [4.69, 9.17) is 4.74 Å². The van der Waals surface area contributed by atoms with Crippen molar-refractivity contribution in [1.82, 2.24) is 5.32 Å². The van der Waals surface area contributed by atoms with Gasteiger partial charge in [-0.2, -0.15) is 4.73 Å². The molecule has 0 aromatic carbocycles. The molecule has 7 nitrogen and oxygen atoms in total. The fourth-order valence-electron chi connectivity index (χ4n) is 2.52. The number of carbonyl (C=O) groups excluding carboxylic acids is 1. The van der Waals surface area contributed by atoms with E-state index in [1.54, 1.807) is 32.9 Å². The normalized spacial score (nSPS) is 17.7. The summed E-state index contributed by atoms with van der Waals surface area (Å²) < 4.78 is 5.92. The molecule has 0 radical (unpaired) electrons. The highest BCUT2D eigenvalue weighted by Gasteiger charge is 2.33. The Hall–Kier alpha value is -2.02. The number of anilines is 1. The number of amides is 1. The predicted molar refractivity (Wildman–Crippen MR) is 86.0 cm³/mol. The lowest BCUT2D eigenvalue weighted by Crippen LogP contribution is -2.51. The average Bonchev–Trinajstić information content (AvgIpc) is 2.46. The van der Waals surface area contributed by atoms with E-state index in [0.29, 0.717) is 25.9 Å². The van der Waals surface area contributed by atoms with Crippen molar-refractivity contribution < 1.29 is 19.4 Å². The van der Waals surface area contributed by atoms with Crippen molar-refractivity contribution in [3.63, 3.8) is 0 Å². The Kier molecular flexibility index (Phi) is 4.99. The molecule has 0 saturated carbocycles. The van der Waals surface area contributed by atoms with Crippen molar-refractivity contribution in [2.45, 2.75) is 44.8 Å². The van der Waals surface area contributed by atoms with E-state index in [9.17, 15) is 15.1 Å². The number of ether oxygens (including phenoxy) is 1. The van der Waals surface area contributed by atoms with Gasteiger partial charge in [-0.1, -0.05) is 0 Å². The van der Waals surface area contributed by atoms with E-state index < -0.39 is 17.3 Å². The van der Waals surface area contributed by atoms with Gasteiger partial charge in [-0.05, 0) is 33.6 Å². The highest BCUT2D eigenvalue weighted by molar-refractivity contribution is 5.67. The molecule has 1 saturated heterocycles. The summed E-state index contributed by atoms with van der Waals surface area (Å²) in [5.41, 5.74) is -0.526. The minimum atomic E-state index is -0.930. The lowest BCUT2D eigenvalue weighted by Gasteiger charge is -2.39. The van der Waals surface area contributed by atoms with Gasteiger partial charge in [0.1, 0.15) is 5.60 Å². The number of rotatable bonds is 3. The summed E-state index contributed by atoms with van der Waals surface area (Å²) in [6, 6.07) is 3.52. The molecule has 0 atom stereocenters. The lowest BCUT2D eigenvalue weighted by atomic mass is 9.91. The molecule has 1 aromatic heterocycles. The molecule has 0 aliphatic carbocycles. The third-order valence-corrected chi connectivity index (χ3v) is 3.80. The Morgan fingerprint density at radius 2 is 1.96 bits per heavy atom. The Morgan fingerprint density at radius 3 is 2.48 bits per heavy atom. The second kappa shape index (κ2) is 6.62. The number of piperidine rings is 1. The summed E-state index contributed by atoms with van der Waals surface area (Å²) in [5.74, 6) is 0. The second-order valence-electron chi connectivity index (χ2n) is 6.98. The minimum absolute atomic E-state index is 0.172. The SMILES string of the molecule is CC(C)(C)OC(=O)NCC1(O)CCN(c2cc[n+]([O-])cc2)CC1. The minimum Gasteiger partial charge on any atom is -0.619 e. The predicted octanol–water partition coefficient (Wildman–Crippen LogP) is 1.18. The molecule has 7 heteroatoms. The number of hydrogen-bond acceptors (Lipinski definition) is 5. The van der Waals surface area contributed by atoms with Crippen LogP contribution >= 0.6 is 0 Å². The summed E-state index contributed by atoms with van der Waals surface area (Å²) in [6.45, 7) is 6.89. The Morgan fingerprint density at radius 1 is 1.39 bits per heavy atom. The zero-order chi connectivity index (χ0) is 17.1. The average molecular weight is 323 g/mol. The molecular weight excluding hydrogens is 298 g/mol. The Balaban J connectivity index is 1.82. The zero-order valence-electron chi connectivity index (χ0n) is 13.9. The van der Waals surface area contributed by atoms with Crippen molar-refractivity contribution >= 4 is 11.8 Å². The van der Waals surface area contributed by atoms with Gasteiger partial charge in [0, 0.05) is 37.5 Å².